The summed E-state index contributed by atoms with van der Waals surface area (Å²) in [5.74, 6) is 0.388. The summed E-state index contributed by atoms with van der Waals surface area (Å²) in [6.07, 6.45) is 2.59. The van der Waals surface area contributed by atoms with E-state index in [0.717, 1.165) is 22.6 Å². The van der Waals surface area contributed by atoms with Gasteiger partial charge in [0, 0.05) is 16.1 Å². The number of carbonyl (C=O) groups is 1. The molecule has 0 fully saturated rings. The van der Waals surface area contributed by atoms with E-state index in [2.05, 4.69) is 10.3 Å². The first-order valence-electron chi connectivity index (χ1n) is 7.18. The number of hydrogen-bond donors (Lipinski definition) is 1. The number of aromatic nitrogens is 1. The fourth-order valence-corrected chi connectivity index (χ4v) is 2.89. The van der Waals surface area contributed by atoms with Crippen molar-refractivity contribution in [1.82, 2.24) is 10.3 Å². The Kier molecular flexibility index (Phi) is 6.28. The van der Waals surface area contributed by atoms with Gasteiger partial charge in [0.1, 0.15) is 0 Å². The highest BCUT2D eigenvalue weighted by atomic mass is 35.5. The molecule has 1 aromatic heterocycles. The van der Waals surface area contributed by atoms with Crippen LogP contribution < -0.4 is 5.32 Å². The van der Waals surface area contributed by atoms with Crippen LogP contribution in [0.4, 0.5) is 0 Å². The largest absolute Gasteiger partial charge is 0.347 e. The van der Waals surface area contributed by atoms with Gasteiger partial charge in [-0.2, -0.15) is 0 Å². The molecule has 0 saturated carbocycles. The van der Waals surface area contributed by atoms with Crippen LogP contribution in [-0.2, 0) is 4.79 Å². The van der Waals surface area contributed by atoms with Gasteiger partial charge in [-0.25, -0.2) is 0 Å². The van der Waals surface area contributed by atoms with Gasteiger partial charge in [0.15, 0.2) is 0 Å². The molecular weight excluding hydrogens is 316 g/mol. The molecule has 0 spiro atoms. The topological polar surface area (TPSA) is 42.0 Å². The average Bonchev–Trinajstić information content (AvgIpc) is 2.52. The van der Waals surface area contributed by atoms with Crippen LogP contribution in [0, 0.1) is 6.92 Å². The minimum absolute atomic E-state index is 0.00936. The Labute approximate surface area is 140 Å². The number of nitrogens with one attached hydrogen (secondary N) is 1. The lowest BCUT2D eigenvalue weighted by atomic mass is 10.1. The van der Waals surface area contributed by atoms with Gasteiger partial charge in [-0.1, -0.05) is 18.5 Å². The van der Waals surface area contributed by atoms with Crippen molar-refractivity contribution in [1.29, 1.82) is 0 Å². The summed E-state index contributed by atoms with van der Waals surface area (Å²) in [6, 6.07) is 11.4. The Bertz CT molecular complexity index is 631. The number of pyridine rings is 1. The summed E-state index contributed by atoms with van der Waals surface area (Å²) >= 11 is 7.34. The lowest BCUT2D eigenvalue weighted by molar-refractivity contribution is -0.119. The maximum Gasteiger partial charge on any atom is 0.230 e. The molecule has 2 rings (SSSR count). The summed E-state index contributed by atoms with van der Waals surface area (Å²) in [6.45, 7) is 4.07. The SMILES string of the molecule is CC[C@H](NC(=O)CSc1ccc(Cl)cc1)c1cc(C)ccn1. The lowest BCUT2D eigenvalue weighted by Crippen LogP contribution is -2.30. The Balaban J connectivity index is 1.90. The number of thioether (sulfide) groups is 1. The van der Waals surface area contributed by atoms with Gasteiger partial charge in [-0.3, -0.25) is 9.78 Å². The first-order valence-corrected chi connectivity index (χ1v) is 8.55. The van der Waals surface area contributed by atoms with Crippen molar-refractivity contribution < 1.29 is 4.79 Å². The van der Waals surface area contributed by atoms with Gasteiger partial charge >= 0.3 is 0 Å². The number of nitrogens with zero attached hydrogens (tertiary/aromatic N) is 1. The van der Waals surface area contributed by atoms with Gasteiger partial charge in [0.2, 0.25) is 5.91 Å². The Hall–Kier alpha value is -1.52. The molecule has 0 aliphatic carbocycles. The molecular formula is C17H19ClN2OS. The Morgan fingerprint density at radius 1 is 1.32 bits per heavy atom. The van der Waals surface area contributed by atoms with Crippen LogP contribution in [0.2, 0.25) is 5.02 Å². The molecule has 1 heterocycles. The zero-order chi connectivity index (χ0) is 15.9. The Morgan fingerprint density at radius 2 is 2.05 bits per heavy atom. The molecule has 0 aliphatic heterocycles. The molecule has 1 atom stereocenters. The summed E-state index contributed by atoms with van der Waals surface area (Å²) in [7, 11) is 0. The molecule has 1 aromatic carbocycles. The molecule has 0 saturated heterocycles. The van der Waals surface area contributed by atoms with E-state index < -0.39 is 0 Å². The number of carbonyl (C=O) groups excluding carboxylic acids is 1. The maximum atomic E-state index is 12.1. The first kappa shape index (κ1) is 16.8. The van der Waals surface area contributed by atoms with Crippen molar-refractivity contribution in [3.8, 4) is 0 Å². The van der Waals surface area contributed by atoms with Crippen molar-refractivity contribution in [3.05, 3.63) is 58.9 Å². The quantitative estimate of drug-likeness (QED) is 0.796. The summed E-state index contributed by atoms with van der Waals surface area (Å²) in [5, 5.41) is 3.74. The van der Waals surface area contributed by atoms with E-state index >= 15 is 0 Å². The number of aryl methyl sites for hydroxylation is 1. The smallest absolute Gasteiger partial charge is 0.230 e. The van der Waals surface area contributed by atoms with Gasteiger partial charge in [0.25, 0.3) is 0 Å². The molecule has 2 aromatic rings. The van der Waals surface area contributed by atoms with E-state index in [1.54, 1.807) is 6.20 Å². The second kappa shape index (κ2) is 8.20. The molecule has 0 aliphatic rings. The zero-order valence-electron chi connectivity index (χ0n) is 12.7. The van der Waals surface area contributed by atoms with Crippen LogP contribution in [0.25, 0.3) is 0 Å². The monoisotopic (exact) mass is 334 g/mol. The van der Waals surface area contributed by atoms with E-state index in [4.69, 9.17) is 11.6 Å². The summed E-state index contributed by atoms with van der Waals surface area (Å²) < 4.78 is 0. The van der Waals surface area contributed by atoms with Crippen LogP contribution in [-0.4, -0.2) is 16.6 Å². The highest BCUT2D eigenvalue weighted by Gasteiger charge is 2.14. The number of rotatable bonds is 6. The first-order chi connectivity index (χ1) is 10.6. The van der Waals surface area contributed by atoms with E-state index in [1.165, 1.54) is 11.8 Å². The summed E-state index contributed by atoms with van der Waals surface area (Å²) in [5.41, 5.74) is 2.06. The van der Waals surface area contributed by atoms with E-state index in [1.807, 2.05) is 50.2 Å². The highest BCUT2D eigenvalue weighted by Crippen LogP contribution is 2.21. The van der Waals surface area contributed by atoms with Gasteiger partial charge in [0.05, 0.1) is 17.5 Å². The molecule has 0 unspecified atom stereocenters. The third-order valence-corrected chi connectivity index (χ3v) is 4.48. The second-order valence-corrected chi connectivity index (χ2v) is 6.51. The van der Waals surface area contributed by atoms with E-state index in [9.17, 15) is 4.79 Å². The number of halogens is 1. The van der Waals surface area contributed by atoms with Crippen molar-refractivity contribution >= 4 is 29.3 Å². The third-order valence-electron chi connectivity index (χ3n) is 3.22. The molecule has 0 radical (unpaired) electrons. The molecule has 1 N–H and O–H groups in total. The van der Waals surface area contributed by atoms with Crippen LogP contribution in [0.3, 0.4) is 0 Å². The zero-order valence-corrected chi connectivity index (χ0v) is 14.2. The van der Waals surface area contributed by atoms with Crippen molar-refractivity contribution in [3.63, 3.8) is 0 Å². The fraction of sp³-hybridized carbons (Fsp3) is 0.294. The lowest BCUT2D eigenvalue weighted by Gasteiger charge is -2.16. The van der Waals surface area contributed by atoms with Crippen LogP contribution in [0.15, 0.2) is 47.5 Å². The van der Waals surface area contributed by atoms with Crippen molar-refractivity contribution in [2.45, 2.75) is 31.2 Å². The van der Waals surface area contributed by atoms with Gasteiger partial charge in [-0.15, -0.1) is 11.8 Å². The van der Waals surface area contributed by atoms with Crippen LogP contribution in [0.5, 0.6) is 0 Å². The predicted octanol–water partition coefficient (Wildman–Crippen LogP) is 4.40. The molecule has 0 bridgehead atoms. The van der Waals surface area contributed by atoms with Crippen LogP contribution in [0.1, 0.15) is 30.6 Å². The number of hydrogen-bond acceptors (Lipinski definition) is 3. The fourth-order valence-electron chi connectivity index (χ4n) is 2.05. The predicted molar refractivity (Wildman–Crippen MR) is 92.3 cm³/mol. The van der Waals surface area contributed by atoms with Gasteiger partial charge < -0.3 is 5.32 Å². The summed E-state index contributed by atoms with van der Waals surface area (Å²) in [4.78, 5) is 17.5. The van der Waals surface area contributed by atoms with Crippen molar-refractivity contribution in [2.24, 2.45) is 0 Å². The minimum atomic E-state index is -0.0433. The minimum Gasteiger partial charge on any atom is -0.347 e. The maximum absolute atomic E-state index is 12.1. The van der Waals surface area contributed by atoms with Crippen molar-refractivity contribution in [2.75, 3.05) is 5.75 Å². The van der Waals surface area contributed by atoms with Gasteiger partial charge in [-0.05, 0) is 55.3 Å². The third kappa shape index (κ3) is 5.04. The van der Waals surface area contributed by atoms with E-state index in [0.29, 0.717) is 10.8 Å². The van der Waals surface area contributed by atoms with E-state index in [-0.39, 0.29) is 11.9 Å². The number of benzene rings is 1. The molecule has 116 valence electrons. The highest BCUT2D eigenvalue weighted by molar-refractivity contribution is 8.00. The average molecular weight is 335 g/mol. The standard InChI is InChI=1S/C17H19ClN2OS/c1-3-15(16-10-12(2)8-9-19-16)20-17(21)11-22-14-6-4-13(18)5-7-14/h4-10,15H,3,11H2,1-2H3,(H,20,21)/t15-/m0/s1. The molecule has 5 heteroatoms. The number of amides is 1. The normalized spacial score (nSPS) is 12.0. The second-order valence-electron chi connectivity index (χ2n) is 5.03. The molecule has 22 heavy (non-hydrogen) atoms. The van der Waals surface area contributed by atoms with Crippen LogP contribution >= 0.6 is 23.4 Å². The molecule has 3 nitrogen and oxygen atoms in total. The molecule has 1 amide bonds. The Morgan fingerprint density at radius 3 is 2.68 bits per heavy atom.